The van der Waals surface area contributed by atoms with Gasteiger partial charge in [0.1, 0.15) is 21.9 Å². The van der Waals surface area contributed by atoms with E-state index in [1.165, 1.54) is 11.3 Å². The van der Waals surface area contributed by atoms with Gasteiger partial charge in [-0.15, -0.1) is 11.3 Å². The number of phenolic OH excluding ortho intramolecular Hbond substituents is 1. The lowest BCUT2D eigenvalue weighted by Crippen LogP contribution is -2.22. The number of aryl methyl sites for hydroxylation is 1. The number of carbonyl (C=O) groups is 1. The second-order valence-corrected chi connectivity index (χ2v) is 8.72. The quantitative estimate of drug-likeness (QED) is 0.379. The lowest BCUT2D eigenvalue weighted by atomic mass is 10.0. The van der Waals surface area contributed by atoms with Gasteiger partial charge in [-0.25, -0.2) is 9.78 Å². The van der Waals surface area contributed by atoms with Crippen molar-refractivity contribution in [1.29, 1.82) is 0 Å². The maximum Gasteiger partial charge on any atom is 0.375 e. The van der Waals surface area contributed by atoms with Crippen LogP contribution in [-0.2, 0) is 11.3 Å². The Balaban J connectivity index is 2.02. The Morgan fingerprint density at radius 2 is 1.94 bits per heavy atom. The number of thiazole rings is 1. The first kappa shape index (κ1) is 22.9. The second kappa shape index (κ2) is 9.33. The Bertz CT molecular complexity index is 1370. The van der Waals surface area contributed by atoms with Crippen LogP contribution in [0.5, 0.6) is 5.75 Å². The Hall–Kier alpha value is -3.23. The molecule has 4 aromatic rings. The number of para-hydroxylation sites is 1. The van der Waals surface area contributed by atoms with Gasteiger partial charge in [0.2, 0.25) is 11.2 Å². The highest BCUT2D eigenvalue weighted by atomic mass is 32.1. The Morgan fingerprint density at radius 3 is 2.61 bits per heavy atom. The number of carbonyl (C=O) groups excluding carboxylic acids is 1. The lowest BCUT2D eigenvalue weighted by molar-refractivity contribution is 0.0492. The summed E-state index contributed by atoms with van der Waals surface area (Å²) in [6, 6.07) is 9.19. The Labute approximate surface area is 195 Å². The van der Waals surface area contributed by atoms with E-state index in [1.54, 1.807) is 19.9 Å². The van der Waals surface area contributed by atoms with Crippen LogP contribution >= 0.6 is 11.3 Å². The van der Waals surface area contributed by atoms with Crippen LogP contribution in [0.3, 0.4) is 0 Å². The van der Waals surface area contributed by atoms with Gasteiger partial charge in [-0.2, -0.15) is 0 Å². The summed E-state index contributed by atoms with van der Waals surface area (Å²) < 4.78 is 12.1. The van der Waals surface area contributed by atoms with Crippen molar-refractivity contribution in [2.24, 2.45) is 0 Å². The molecule has 0 fully saturated rings. The second-order valence-electron chi connectivity index (χ2n) is 7.69. The van der Waals surface area contributed by atoms with Crippen molar-refractivity contribution in [2.75, 3.05) is 19.7 Å². The summed E-state index contributed by atoms with van der Waals surface area (Å²) in [6.07, 6.45) is 0. The predicted molar refractivity (Wildman–Crippen MR) is 130 cm³/mol. The molecule has 0 atom stereocenters. The van der Waals surface area contributed by atoms with Crippen molar-refractivity contribution >= 4 is 38.5 Å². The van der Waals surface area contributed by atoms with Gasteiger partial charge in [-0.1, -0.05) is 26.0 Å². The van der Waals surface area contributed by atoms with Crippen LogP contribution in [0.4, 0.5) is 0 Å². The van der Waals surface area contributed by atoms with Crippen LogP contribution in [0.2, 0.25) is 0 Å². The summed E-state index contributed by atoms with van der Waals surface area (Å²) in [4.78, 5) is 33.3. The highest BCUT2D eigenvalue weighted by molar-refractivity contribution is 7.21. The molecule has 2 aromatic carbocycles. The monoisotopic (exact) mass is 466 g/mol. The number of aromatic hydroxyl groups is 1. The molecule has 1 N–H and O–H groups in total. The van der Waals surface area contributed by atoms with E-state index in [1.807, 2.05) is 38.1 Å². The average molecular weight is 467 g/mol. The third-order valence-corrected chi connectivity index (χ3v) is 6.78. The maximum absolute atomic E-state index is 13.8. The minimum absolute atomic E-state index is 0.0556. The standard InChI is InChI=1S/C25H26N2O5S/c1-5-27(6-2)13-15-12-16-21(29)19(24-26-17-10-8-9-11-18(17)33-24)23(25(30)31-7-3)32-22(16)14(4)20(15)28/h8-12,28H,5-7,13H2,1-4H3. The van der Waals surface area contributed by atoms with Crippen molar-refractivity contribution in [3.8, 4) is 16.3 Å². The molecule has 7 nitrogen and oxygen atoms in total. The highest BCUT2D eigenvalue weighted by Gasteiger charge is 2.27. The molecule has 2 heterocycles. The number of hydrogen-bond donors (Lipinski definition) is 1. The third kappa shape index (κ3) is 4.12. The molecular weight excluding hydrogens is 440 g/mol. The largest absolute Gasteiger partial charge is 0.507 e. The SMILES string of the molecule is CCOC(=O)c1oc2c(C)c(O)c(CN(CC)CC)cc2c(=O)c1-c1nc2ccccc2s1. The molecule has 172 valence electrons. The lowest BCUT2D eigenvalue weighted by Gasteiger charge is -2.20. The Morgan fingerprint density at radius 1 is 1.21 bits per heavy atom. The fourth-order valence-electron chi connectivity index (χ4n) is 3.87. The molecule has 8 heteroatoms. The fourth-order valence-corrected chi connectivity index (χ4v) is 4.88. The van der Waals surface area contributed by atoms with Crippen LogP contribution in [0.25, 0.3) is 31.8 Å². The number of ether oxygens (including phenoxy) is 1. The van der Waals surface area contributed by atoms with E-state index in [-0.39, 0.29) is 34.7 Å². The van der Waals surface area contributed by atoms with E-state index in [2.05, 4.69) is 9.88 Å². The first-order chi connectivity index (χ1) is 15.9. The number of rotatable bonds is 7. The van der Waals surface area contributed by atoms with Crippen molar-refractivity contribution in [1.82, 2.24) is 9.88 Å². The van der Waals surface area contributed by atoms with Gasteiger partial charge in [0, 0.05) is 17.7 Å². The number of phenols is 1. The van der Waals surface area contributed by atoms with Crippen LogP contribution in [0.1, 0.15) is 42.5 Å². The molecule has 0 aliphatic carbocycles. The van der Waals surface area contributed by atoms with Crippen LogP contribution < -0.4 is 5.43 Å². The first-order valence-corrected chi connectivity index (χ1v) is 11.8. The third-order valence-electron chi connectivity index (χ3n) is 5.72. The zero-order valence-electron chi connectivity index (χ0n) is 19.1. The summed E-state index contributed by atoms with van der Waals surface area (Å²) in [5, 5.41) is 11.5. The molecule has 33 heavy (non-hydrogen) atoms. The van der Waals surface area contributed by atoms with Crippen molar-refractivity contribution in [2.45, 2.75) is 34.2 Å². The smallest absolute Gasteiger partial charge is 0.375 e. The van der Waals surface area contributed by atoms with Gasteiger partial charge in [-0.05, 0) is 45.1 Å². The molecule has 0 unspecified atom stereocenters. The van der Waals surface area contributed by atoms with Gasteiger partial charge in [0.05, 0.1) is 22.2 Å². The van der Waals surface area contributed by atoms with Gasteiger partial charge in [-0.3, -0.25) is 9.69 Å². The van der Waals surface area contributed by atoms with Crippen molar-refractivity contribution < 1.29 is 19.1 Å². The number of aromatic nitrogens is 1. The Kier molecular flexibility index (Phi) is 6.49. The van der Waals surface area contributed by atoms with E-state index in [4.69, 9.17) is 9.15 Å². The van der Waals surface area contributed by atoms with E-state index in [9.17, 15) is 14.7 Å². The van der Waals surface area contributed by atoms with Crippen LogP contribution in [0, 0.1) is 6.92 Å². The zero-order chi connectivity index (χ0) is 23.7. The minimum Gasteiger partial charge on any atom is -0.507 e. The summed E-state index contributed by atoms with van der Waals surface area (Å²) in [5.41, 5.74) is 1.66. The molecule has 0 aliphatic heterocycles. The normalized spacial score (nSPS) is 11.5. The van der Waals surface area contributed by atoms with Gasteiger partial charge >= 0.3 is 5.97 Å². The van der Waals surface area contributed by atoms with Crippen LogP contribution in [0.15, 0.2) is 39.5 Å². The average Bonchev–Trinajstić information content (AvgIpc) is 3.24. The minimum atomic E-state index is -0.739. The highest BCUT2D eigenvalue weighted by Crippen LogP contribution is 2.36. The fraction of sp³-hybridized carbons (Fsp3) is 0.320. The van der Waals surface area contributed by atoms with Gasteiger partial charge in [0.15, 0.2) is 0 Å². The molecular formula is C25H26N2O5S. The zero-order valence-corrected chi connectivity index (χ0v) is 19.9. The molecule has 0 radical (unpaired) electrons. The van der Waals surface area contributed by atoms with E-state index >= 15 is 0 Å². The summed E-state index contributed by atoms with van der Waals surface area (Å²) in [7, 11) is 0. The number of benzene rings is 2. The van der Waals surface area contributed by atoms with E-state index in [0.29, 0.717) is 28.1 Å². The van der Waals surface area contributed by atoms with Gasteiger partial charge < -0.3 is 14.3 Å². The van der Waals surface area contributed by atoms with Gasteiger partial charge in [0.25, 0.3) is 0 Å². The topological polar surface area (TPSA) is 92.9 Å². The molecule has 0 spiro atoms. The van der Waals surface area contributed by atoms with E-state index < -0.39 is 5.97 Å². The molecule has 0 saturated heterocycles. The maximum atomic E-state index is 13.8. The molecule has 0 bridgehead atoms. The number of nitrogens with zero attached hydrogens (tertiary/aromatic N) is 2. The molecule has 4 rings (SSSR count). The van der Waals surface area contributed by atoms with Crippen LogP contribution in [-0.4, -0.2) is 40.7 Å². The summed E-state index contributed by atoms with van der Waals surface area (Å²) >= 11 is 1.32. The molecule has 0 aliphatic rings. The number of fused-ring (bicyclic) bond motifs is 2. The van der Waals surface area contributed by atoms with Crippen molar-refractivity contribution in [3.05, 3.63) is 57.4 Å². The number of hydrogen-bond acceptors (Lipinski definition) is 8. The van der Waals surface area contributed by atoms with Crippen molar-refractivity contribution in [3.63, 3.8) is 0 Å². The molecule has 0 amide bonds. The molecule has 0 saturated carbocycles. The summed E-state index contributed by atoms with van der Waals surface area (Å²) in [5.74, 6) is -0.885. The van der Waals surface area contributed by atoms with E-state index in [0.717, 1.165) is 23.3 Å². The predicted octanol–water partition coefficient (Wildman–Crippen LogP) is 5.10. The number of esters is 1. The summed E-state index contributed by atoms with van der Waals surface area (Å²) in [6.45, 7) is 9.68. The first-order valence-electron chi connectivity index (χ1n) is 11.0. The molecule has 2 aromatic heterocycles.